The Morgan fingerprint density at radius 2 is 1.88 bits per heavy atom. The topological polar surface area (TPSA) is 95.5 Å². The van der Waals surface area contributed by atoms with E-state index in [0.717, 1.165) is 0 Å². The largest absolute Gasteiger partial charge is 0.548 e. The van der Waals surface area contributed by atoms with Crippen molar-refractivity contribution in [3.05, 3.63) is 35.9 Å². The minimum Gasteiger partial charge on any atom is -0.548 e. The van der Waals surface area contributed by atoms with E-state index in [1.54, 1.807) is 30.3 Å². The van der Waals surface area contributed by atoms with Crippen LogP contribution in [0.4, 0.5) is 18.0 Å². The summed E-state index contributed by atoms with van der Waals surface area (Å²) in [6, 6.07) is 6.99. The molecule has 1 N–H and O–H groups in total. The first-order chi connectivity index (χ1) is 11.7. The molecule has 1 unspecified atom stereocenters. The Morgan fingerprint density at radius 3 is 2.44 bits per heavy atom. The monoisotopic (exact) mass is 380 g/mol. The molecule has 6 nitrogen and oxygen atoms in total. The first-order valence-electron chi connectivity index (χ1n) is 7.27. The van der Waals surface area contributed by atoms with Gasteiger partial charge >= 0.3 is 12.3 Å². The molecule has 0 aliphatic carbocycles. The maximum atomic E-state index is 12.0. The fourth-order valence-electron chi connectivity index (χ4n) is 1.78. The fourth-order valence-corrected chi connectivity index (χ4v) is 3.00. The van der Waals surface area contributed by atoms with E-state index in [4.69, 9.17) is 4.74 Å². The van der Waals surface area contributed by atoms with Crippen LogP contribution in [0.15, 0.2) is 30.3 Å². The van der Waals surface area contributed by atoms with Crippen LogP contribution in [0.5, 0.6) is 0 Å². The molecule has 2 atom stereocenters. The van der Waals surface area contributed by atoms with Gasteiger partial charge in [0.05, 0.1) is 12.0 Å². The Hall–Kier alpha value is -2.10. The van der Waals surface area contributed by atoms with E-state index in [9.17, 15) is 32.1 Å². The van der Waals surface area contributed by atoms with Crippen LogP contribution in [0.2, 0.25) is 0 Å². The summed E-state index contributed by atoms with van der Waals surface area (Å²) in [4.78, 5) is 22.6. The molecule has 1 aromatic carbocycles. The van der Waals surface area contributed by atoms with Crippen molar-refractivity contribution in [2.24, 2.45) is 0 Å². The number of ether oxygens (including phenoxy) is 1. The van der Waals surface area contributed by atoms with Gasteiger partial charge in [0.15, 0.2) is 0 Å². The number of hydrogen-bond donors (Lipinski definition) is 1. The lowest BCUT2D eigenvalue weighted by molar-refractivity contribution is -0.307. The van der Waals surface area contributed by atoms with E-state index < -0.39 is 53.7 Å². The molecule has 1 amide bonds. The van der Waals surface area contributed by atoms with Crippen LogP contribution in [-0.4, -0.2) is 40.0 Å². The third kappa shape index (κ3) is 9.70. The minimum atomic E-state index is -4.36. The molecule has 0 heterocycles. The zero-order valence-corrected chi connectivity index (χ0v) is 13.9. The van der Waals surface area contributed by atoms with Crippen LogP contribution >= 0.6 is 0 Å². The summed E-state index contributed by atoms with van der Waals surface area (Å²) >= 11 is 0. The molecule has 0 radical (unpaired) electrons. The van der Waals surface area contributed by atoms with Gasteiger partial charge in [0.25, 0.3) is 0 Å². The molecule has 25 heavy (non-hydrogen) atoms. The van der Waals surface area contributed by atoms with Gasteiger partial charge in [-0.1, -0.05) is 30.3 Å². The SMILES string of the molecule is O=C(N[C@H](CS(=O)CCCC(F)(F)F)C(=O)[O-])OCc1ccccc1. The highest BCUT2D eigenvalue weighted by molar-refractivity contribution is 7.85. The van der Waals surface area contributed by atoms with Gasteiger partial charge in [-0.2, -0.15) is 13.2 Å². The maximum Gasteiger partial charge on any atom is 0.408 e. The molecule has 0 aromatic heterocycles. The number of carboxylic acid groups (broad SMARTS) is 1. The normalized spacial score (nSPS) is 13.7. The van der Waals surface area contributed by atoms with E-state index in [1.165, 1.54) is 0 Å². The second kappa shape index (κ2) is 10.0. The Labute approximate surface area is 144 Å². The summed E-state index contributed by atoms with van der Waals surface area (Å²) in [5, 5.41) is 13.0. The first kappa shape index (κ1) is 20.9. The van der Waals surface area contributed by atoms with Crippen molar-refractivity contribution in [3.8, 4) is 0 Å². The van der Waals surface area contributed by atoms with Crippen molar-refractivity contribution in [3.63, 3.8) is 0 Å². The third-order valence-electron chi connectivity index (χ3n) is 2.97. The van der Waals surface area contributed by atoms with Gasteiger partial charge in [0.1, 0.15) is 6.61 Å². The number of nitrogens with one attached hydrogen (secondary N) is 1. The Bertz CT molecular complexity index is 595. The third-order valence-corrected chi connectivity index (χ3v) is 4.42. The number of halogens is 3. The number of rotatable bonds is 9. The molecule has 10 heteroatoms. The van der Waals surface area contributed by atoms with Crippen molar-refractivity contribution < 1.29 is 36.8 Å². The van der Waals surface area contributed by atoms with Gasteiger partial charge < -0.3 is 20.0 Å². The summed E-state index contributed by atoms with van der Waals surface area (Å²) in [7, 11) is -1.85. The van der Waals surface area contributed by atoms with Crippen LogP contribution in [-0.2, 0) is 26.9 Å². The molecule has 0 fully saturated rings. The van der Waals surface area contributed by atoms with Crippen LogP contribution in [0.3, 0.4) is 0 Å². The number of benzene rings is 1. The van der Waals surface area contributed by atoms with Crippen LogP contribution < -0.4 is 10.4 Å². The van der Waals surface area contributed by atoms with Gasteiger partial charge in [-0.05, 0) is 12.0 Å². The predicted octanol–water partition coefficient (Wildman–Crippen LogP) is 1.12. The molecule has 0 bridgehead atoms. The molecule has 1 aromatic rings. The van der Waals surface area contributed by atoms with E-state index in [2.05, 4.69) is 0 Å². The van der Waals surface area contributed by atoms with Crippen LogP contribution in [0.25, 0.3) is 0 Å². The Kier molecular flexibility index (Phi) is 8.39. The molecule has 0 spiro atoms. The second-order valence-corrected chi connectivity index (χ2v) is 6.73. The maximum absolute atomic E-state index is 12.0. The number of amides is 1. The van der Waals surface area contributed by atoms with Crippen LogP contribution in [0, 0.1) is 0 Å². The summed E-state index contributed by atoms with van der Waals surface area (Å²) in [6.45, 7) is -0.0961. The number of carboxylic acids is 1. The first-order valence-corrected chi connectivity index (χ1v) is 8.76. The lowest BCUT2D eigenvalue weighted by atomic mass is 10.2. The van der Waals surface area contributed by atoms with Gasteiger partial charge in [-0.3, -0.25) is 4.21 Å². The van der Waals surface area contributed by atoms with E-state index in [1.807, 2.05) is 5.32 Å². The number of aliphatic carboxylic acids is 1. The number of alkyl halides is 3. The van der Waals surface area contributed by atoms with E-state index >= 15 is 0 Å². The van der Waals surface area contributed by atoms with Crippen LogP contribution in [0.1, 0.15) is 18.4 Å². The smallest absolute Gasteiger partial charge is 0.408 e. The predicted molar refractivity (Wildman–Crippen MR) is 81.7 cm³/mol. The van der Waals surface area contributed by atoms with Crippen molar-refractivity contribution in [1.29, 1.82) is 0 Å². The molecule has 0 saturated heterocycles. The number of hydrogen-bond acceptors (Lipinski definition) is 5. The van der Waals surface area contributed by atoms with Gasteiger partial charge in [-0.25, -0.2) is 4.79 Å². The van der Waals surface area contributed by atoms with Crippen molar-refractivity contribution in [2.75, 3.05) is 11.5 Å². The molecule has 140 valence electrons. The molecule has 0 aliphatic rings. The standard InChI is InChI=1S/C15H18F3NO5S/c16-15(17,18)7-4-8-25(23)10-12(13(20)21)19-14(22)24-9-11-5-2-1-3-6-11/h1-3,5-6,12H,4,7-10H2,(H,19,22)(H,20,21)/p-1/t12-,25?/m1/s1. The molecule has 1 rings (SSSR count). The highest BCUT2D eigenvalue weighted by Gasteiger charge is 2.27. The summed E-state index contributed by atoms with van der Waals surface area (Å²) in [6.07, 6.45) is -6.92. The van der Waals surface area contributed by atoms with Crippen molar-refractivity contribution in [2.45, 2.75) is 31.7 Å². The summed E-state index contributed by atoms with van der Waals surface area (Å²) < 4.78 is 52.5. The van der Waals surface area contributed by atoms with Gasteiger partial charge in [0.2, 0.25) is 0 Å². The average Bonchev–Trinajstić information content (AvgIpc) is 2.52. The lowest BCUT2D eigenvalue weighted by Crippen LogP contribution is -2.51. The van der Waals surface area contributed by atoms with E-state index in [-0.39, 0.29) is 12.4 Å². The highest BCUT2D eigenvalue weighted by Crippen LogP contribution is 2.21. The summed E-state index contributed by atoms with van der Waals surface area (Å²) in [5.74, 6) is -2.58. The Balaban J connectivity index is 2.41. The minimum absolute atomic E-state index is 0.0961. The second-order valence-electron chi connectivity index (χ2n) is 5.11. The quantitative estimate of drug-likeness (QED) is 0.693. The van der Waals surface area contributed by atoms with Gasteiger partial charge in [0, 0.05) is 28.7 Å². The zero-order valence-electron chi connectivity index (χ0n) is 13.1. The van der Waals surface area contributed by atoms with Crippen molar-refractivity contribution >= 4 is 22.9 Å². The fraction of sp³-hybridized carbons (Fsp3) is 0.467. The Morgan fingerprint density at radius 1 is 1.24 bits per heavy atom. The number of alkyl carbamates (subject to hydrolysis) is 1. The molecular weight excluding hydrogens is 363 g/mol. The lowest BCUT2D eigenvalue weighted by Gasteiger charge is -2.19. The molecular formula is C15H17F3NO5S-. The number of carbonyl (C=O) groups is 2. The number of carbonyl (C=O) groups excluding carboxylic acids is 2. The average molecular weight is 380 g/mol. The van der Waals surface area contributed by atoms with Gasteiger partial charge in [-0.15, -0.1) is 0 Å². The molecule has 0 aliphatic heterocycles. The van der Waals surface area contributed by atoms with Crippen molar-refractivity contribution in [1.82, 2.24) is 5.32 Å². The van der Waals surface area contributed by atoms with E-state index in [0.29, 0.717) is 5.56 Å². The molecule has 0 saturated carbocycles. The highest BCUT2D eigenvalue weighted by atomic mass is 32.2. The zero-order chi connectivity index (χ0) is 18.9. The summed E-state index contributed by atoms with van der Waals surface area (Å²) in [5.41, 5.74) is 0.679.